The second kappa shape index (κ2) is 7.02. The van der Waals surface area contributed by atoms with Crippen molar-refractivity contribution >= 4 is 16.7 Å². The molecule has 0 spiro atoms. The molecule has 4 nitrogen and oxygen atoms in total. The van der Waals surface area contributed by atoms with E-state index in [1.165, 1.54) is 12.1 Å². The number of carbonyl (C=O) groups excluding carboxylic acids is 1. The van der Waals surface area contributed by atoms with Crippen molar-refractivity contribution in [1.82, 2.24) is 5.32 Å². The lowest BCUT2D eigenvalue weighted by atomic mass is 9.94. The Morgan fingerprint density at radius 1 is 1.43 bits per heavy atom. The Morgan fingerprint density at radius 3 is 2.81 bits per heavy atom. The van der Waals surface area contributed by atoms with Gasteiger partial charge >= 0.3 is 0 Å². The van der Waals surface area contributed by atoms with Crippen LogP contribution in [-0.2, 0) is 10.8 Å². The highest BCUT2D eigenvalue weighted by molar-refractivity contribution is 7.85. The van der Waals surface area contributed by atoms with Crippen molar-refractivity contribution in [2.24, 2.45) is 0 Å². The summed E-state index contributed by atoms with van der Waals surface area (Å²) in [5.74, 6) is -1.23. The first kappa shape index (κ1) is 15.9. The third-order valence-corrected chi connectivity index (χ3v) is 5.67. The zero-order chi connectivity index (χ0) is 15.4. The van der Waals surface area contributed by atoms with Crippen LogP contribution in [0.5, 0.6) is 5.75 Å². The molecule has 21 heavy (non-hydrogen) atoms. The molecule has 0 bridgehead atoms. The molecular weight excluding hydrogens is 293 g/mol. The van der Waals surface area contributed by atoms with Gasteiger partial charge in [0.15, 0.2) is 0 Å². The summed E-state index contributed by atoms with van der Waals surface area (Å²) in [5.41, 5.74) is -0.343. The van der Waals surface area contributed by atoms with E-state index >= 15 is 0 Å². The first-order valence-corrected chi connectivity index (χ1v) is 8.58. The maximum Gasteiger partial charge on any atom is 0.258 e. The number of benzene rings is 1. The molecule has 0 aromatic heterocycles. The Morgan fingerprint density at radius 2 is 2.14 bits per heavy atom. The summed E-state index contributed by atoms with van der Waals surface area (Å²) in [6, 6.07) is 3.53. The topological polar surface area (TPSA) is 66.4 Å². The fourth-order valence-electron chi connectivity index (χ4n) is 2.77. The van der Waals surface area contributed by atoms with Crippen LogP contribution in [0.15, 0.2) is 18.2 Å². The van der Waals surface area contributed by atoms with Crippen molar-refractivity contribution in [2.75, 3.05) is 5.75 Å². The minimum atomic E-state index is -0.998. The van der Waals surface area contributed by atoms with Gasteiger partial charge in [0.2, 0.25) is 0 Å². The van der Waals surface area contributed by atoms with Crippen molar-refractivity contribution in [1.29, 1.82) is 0 Å². The number of phenolic OH excluding ortho intramolecular Hbond substituents is 1. The second-order valence-corrected chi connectivity index (χ2v) is 7.15. The van der Waals surface area contributed by atoms with E-state index in [1.807, 2.05) is 6.92 Å². The highest BCUT2D eigenvalue weighted by Gasteiger charge is 2.31. The van der Waals surface area contributed by atoms with E-state index in [-0.39, 0.29) is 22.6 Å². The summed E-state index contributed by atoms with van der Waals surface area (Å²) in [7, 11) is -0.998. The van der Waals surface area contributed by atoms with E-state index in [2.05, 4.69) is 5.32 Å². The average Bonchev–Trinajstić information content (AvgIpc) is 2.47. The SMILES string of the molecule is CC[S@](=O)[C@H]1CCCC[C@H]1NC(=O)c1c(O)cccc1F. The number of phenols is 1. The molecule has 0 aliphatic heterocycles. The predicted molar refractivity (Wildman–Crippen MR) is 80.3 cm³/mol. The lowest BCUT2D eigenvalue weighted by molar-refractivity contribution is 0.0922. The van der Waals surface area contributed by atoms with Gasteiger partial charge in [-0.05, 0) is 25.0 Å². The van der Waals surface area contributed by atoms with E-state index in [9.17, 15) is 18.5 Å². The van der Waals surface area contributed by atoms with Gasteiger partial charge in [0.05, 0.1) is 5.25 Å². The zero-order valence-corrected chi connectivity index (χ0v) is 12.8. The fourth-order valence-corrected chi connectivity index (χ4v) is 4.20. The molecule has 1 aliphatic carbocycles. The van der Waals surface area contributed by atoms with Crippen LogP contribution in [0.3, 0.4) is 0 Å². The van der Waals surface area contributed by atoms with Gasteiger partial charge in [0.1, 0.15) is 17.1 Å². The van der Waals surface area contributed by atoms with Gasteiger partial charge in [-0.15, -0.1) is 0 Å². The molecule has 6 heteroatoms. The number of hydrogen-bond donors (Lipinski definition) is 2. The first-order chi connectivity index (χ1) is 10.0. The normalized spacial score (nSPS) is 23.5. The molecule has 1 aromatic carbocycles. The molecule has 0 heterocycles. The van der Waals surface area contributed by atoms with Crippen LogP contribution in [-0.4, -0.2) is 32.3 Å². The van der Waals surface area contributed by atoms with Gasteiger partial charge in [-0.2, -0.15) is 0 Å². The van der Waals surface area contributed by atoms with Gasteiger partial charge in [-0.25, -0.2) is 4.39 Å². The molecule has 0 radical (unpaired) electrons. The van der Waals surface area contributed by atoms with E-state index in [4.69, 9.17) is 0 Å². The van der Waals surface area contributed by atoms with Gasteiger partial charge in [-0.1, -0.05) is 25.8 Å². The third-order valence-electron chi connectivity index (χ3n) is 3.86. The number of rotatable bonds is 4. The Labute approximate surface area is 126 Å². The first-order valence-electron chi connectivity index (χ1n) is 7.20. The lowest BCUT2D eigenvalue weighted by Crippen LogP contribution is -2.47. The van der Waals surface area contributed by atoms with Crippen molar-refractivity contribution in [3.8, 4) is 5.75 Å². The lowest BCUT2D eigenvalue weighted by Gasteiger charge is -2.31. The summed E-state index contributed by atoms with van der Waals surface area (Å²) in [6.45, 7) is 1.85. The van der Waals surface area contributed by atoms with E-state index in [1.54, 1.807) is 0 Å². The second-order valence-electron chi connectivity index (χ2n) is 5.21. The molecule has 1 aromatic rings. The number of amides is 1. The highest BCUT2D eigenvalue weighted by atomic mass is 32.2. The van der Waals surface area contributed by atoms with Gasteiger partial charge in [0.25, 0.3) is 5.91 Å². The molecule has 1 amide bonds. The number of carbonyl (C=O) groups is 1. The molecule has 116 valence electrons. The standard InChI is InChI=1S/C15H20FNO3S/c1-2-21(20)13-9-4-3-7-11(13)17-15(19)14-10(16)6-5-8-12(14)18/h5-6,8,11,13,18H,2-4,7,9H2,1H3,(H,17,19)/t11-,13+,21+/m1/s1. The largest absolute Gasteiger partial charge is 0.507 e. The van der Waals surface area contributed by atoms with Crippen molar-refractivity contribution in [3.63, 3.8) is 0 Å². The Bertz CT molecular complexity index is 529. The van der Waals surface area contributed by atoms with Crippen LogP contribution in [0.4, 0.5) is 4.39 Å². The van der Waals surface area contributed by atoms with E-state index < -0.39 is 22.5 Å². The summed E-state index contributed by atoms with van der Waals surface area (Å²) < 4.78 is 25.8. The van der Waals surface area contributed by atoms with Crippen LogP contribution < -0.4 is 5.32 Å². The highest BCUT2D eigenvalue weighted by Crippen LogP contribution is 2.25. The van der Waals surface area contributed by atoms with Crippen LogP contribution in [0, 0.1) is 5.82 Å². The van der Waals surface area contributed by atoms with Crippen molar-refractivity contribution in [2.45, 2.75) is 43.9 Å². The third kappa shape index (κ3) is 3.61. The molecule has 1 saturated carbocycles. The van der Waals surface area contributed by atoms with Gasteiger partial charge in [0, 0.05) is 22.6 Å². The Kier molecular flexibility index (Phi) is 5.33. The van der Waals surface area contributed by atoms with Crippen LogP contribution in [0.25, 0.3) is 0 Å². The van der Waals surface area contributed by atoms with Crippen LogP contribution in [0.2, 0.25) is 0 Å². The minimum absolute atomic E-state index is 0.0957. The van der Waals surface area contributed by atoms with Crippen LogP contribution in [0.1, 0.15) is 43.0 Å². The summed E-state index contributed by atoms with van der Waals surface area (Å²) in [4.78, 5) is 12.2. The quantitative estimate of drug-likeness (QED) is 0.896. The van der Waals surface area contributed by atoms with E-state index in [0.717, 1.165) is 31.7 Å². The molecule has 0 unspecified atom stereocenters. The van der Waals surface area contributed by atoms with Crippen molar-refractivity contribution in [3.05, 3.63) is 29.6 Å². The maximum atomic E-state index is 13.7. The monoisotopic (exact) mass is 313 g/mol. The summed E-state index contributed by atoms with van der Waals surface area (Å²) in [5, 5.41) is 12.3. The molecule has 3 atom stereocenters. The van der Waals surface area contributed by atoms with Gasteiger partial charge < -0.3 is 10.4 Å². The predicted octanol–water partition coefficient (Wildman–Crippen LogP) is 2.34. The molecule has 1 fully saturated rings. The number of hydrogen-bond acceptors (Lipinski definition) is 3. The molecule has 2 N–H and O–H groups in total. The van der Waals surface area contributed by atoms with Crippen LogP contribution >= 0.6 is 0 Å². The Balaban J connectivity index is 2.15. The average molecular weight is 313 g/mol. The number of halogens is 1. The van der Waals surface area contributed by atoms with E-state index in [0.29, 0.717) is 5.75 Å². The molecule has 2 rings (SSSR count). The Hall–Kier alpha value is -1.43. The molecule has 1 aliphatic rings. The van der Waals surface area contributed by atoms with Gasteiger partial charge in [-0.3, -0.25) is 9.00 Å². The zero-order valence-electron chi connectivity index (χ0n) is 12.0. The fraction of sp³-hybridized carbons (Fsp3) is 0.533. The smallest absolute Gasteiger partial charge is 0.258 e. The molecule has 0 saturated heterocycles. The molecular formula is C15H20FNO3S. The minimum Gasteiger partial charge on any atom is -0.507 e. The summed E-state index contributed by atoms with van der Waals surface area (Å²) >= 11 is 0. The summed E-state index contributed by atoms with van der Waals surface area (Å²) in [6.07, 6.45) is 3.48. The van der Waals surface area contributed by atoms with Crippen molar-refractivity contribution < 1.29 is 18.5 Å². The maximum absolute atomic E-state index is 13.7. The number of aromatic hydroxyl groups is 1. The number of nitrogens with one attached hydrogen (secondary N) is 1.